The number of nitrogens with one attached hydrogen (secondary N) is 1. The van der Waals surface area contributed by atoms with Gasteiger partial charge in [0, 0.05) is 51.9 Å². The largest absolute Gasteiger partial charge is 0.494 e. The van der Waals surface area contributed by atoms with E-state index in [2.05, 4.69) is 33.3 Å². The number of ether oxygens (including phenoxy) is 1. The van der Waals surface area contributed by atoms with E-state index in [-0.39, 0.29) is 0 Å². The van der Waals surface area contributed by atoms with Crippen molar-refractivity contribution >= 4 is 0 Å². The Labute approximate surface area is 128 Å². The number of hydrogen-bond donors (Lipinski definition) is 1. The van der Waals surface area contributed by atoms with Gasteiger partial charge in [-0.15, -0.1) is 0 Å². The topological polar surface area (TPSA) is 27.7 Å². The summed E-state index contributed by atoms with van der Waals surface area (Å²) in [6, 6.07) is 9.29. The molecule has 1 aromatic rings. The highest BCUT2D eigenvalue weighted by Crippen LogP contribution is 2.20. The molecule has 2 heterocycles. The minimum absolute atomic E-state index is 0.734. The molecule has 4 nitrogen and oxygen atoms in total. The van der Waals surface area contributed by atoms with Gasteiger partial charge in [-0.05, 0) is 31.0 Å². The molecular weight excluding hydrogens is 262 g/mol. The van der Waals surface area contributed by atoms with E-state index in [4.69, 9.17) is 4.74 Å². The van der Waals surface area contributed by atoms with E-state index in [9.17, 15) is 0 Å². The summed E-state index contributed by atoms with van der Waals surface area (Å²) in [5.41, 5.74) is 1.36. The summed E-state index contributed by atoms with van der Waals surface area (Å²) in [5.74, 6) is 0.993. The molecule has 2 saturated heterocycles. The number of rotatable bonds is 5. The third kappa shape index (κ3) is 3.96. The summed E-state index contributed by atoms with van der Waals surface area (Å²) in [6.45, 7) is 10.9. The van der Waals surface area contributed by atoms with E-state index in [1.807, 2.05) is 13.0 Å². The van der Waals surface area contributed by atoms with Gasteiger partial charge in [0.05, 0.1) is 6.61 Å². The van der Waals surface area contributed by atoms with Gasteiger partial charge in [-0.1, -0.05) is 12.1 Å². The van der Waals surface area contributed by atoms with Crippen molar-refractivity contribution in [3.63, 3.8) is 0 Å². The second-order valence-corrected chi connectivity index (χ2v) is 6.04. The van der Waals surface area contributed by atoms with Gasteiger partial charge in [0.25, 0.3) is 0 Å². The standard InChI is InChI=1S/C17H27N3O/c1-2-21-17-5-3-4-15(12-17)13-19-9-6-16(14-19)20-10-7-18-8-11-20/h3-5,12,16,18H,2,6-11,13-14H2,1H3. The molecule has 21 heavy (non-hydrogen) atoms. The van der Waals surface area contributed by atoms with Crippen molar-refractivity contribution in [2.24, 2.45) is 0 Å². The molecule has 1 unspecified atom stereocenters. The molecule has 0 saturated carbocycles. The van der Waals surface area contributed by atoms with E-state index in [0.29, 0.717) is 0 Å². The zero-order valence-electron chi connectivity index (χ0n) is 13.1. The van der Waals surface area contributed by atoms with E-state index < -0.39 is 0 Å². The van der Waals surface area contributed by atoms with Crippen LogP contribution < -0.4 is 10.1 Å². The van der Waals surface area contributed by atoms with Crippen LogP contribution >= 0.6 is 0 Å². The molecule has 3 rings (SSSR count). The molecule has 2 aliphatic heterocycles. The van der Waals surface area contributed by atoms with Crippen molar-refractivity contribution in [3.8, 4) is 5.75 Å². The van der Waals surface area contributed by atoms with Crippen LogP contribution in [0.3, 0.4) is 0 Å². The molecule has 0 spiro atoms. The first kappa shape index (κ1) is 14.8. The summed E-state index contributed by atoms with van der Waals surface area (Å²) >= 11 is 0. The first-order valence-corrected chi connectivity index (χ1v) is 8.24. The van der Waals surface area contributed by atoms with Crippen LogP contribution in [0.15, 0.2) is 24.3 Å². The van der Waals surface area contributed by atoms with Crippen molar-refractivity contribution in [1.82, 2.24) is 15.1 Å². The fourth-order valence-corrected chi connectivity index (χ4v) is 3.46. The molecule has 0 amide bonds. The lowest BCUT2D eigenvalue weighted by Gasteiger charge is -2.32. The molecule has 0 bridgehead atoms. The maximum absolute atomic E-state index is 5.59. The number of nitrogens with zero attached hydrogens (tertiary/aromatic N) is 2. The number of benzene rings is 1. The van der Waals surface area contributed by atoms with Crippen LogP contribution in [0.4, 0.5) is 0 Å². The maximum Gasteiger partial charge on any atom is 0.119 e. The Kier molecular flexibility index (Phi) is 5.12. The second-order valence-electron chi connectivity index (χ2n) is 6.04. The van der Waals surface area contributed by atoms with Gasteiger partial charge in [-0.3, -0.25) is 9.80 Å². The normalized spacial score (nSPS) is 24.3. The second kappa shape index (κ2) is 7.25. The minimum Gasteiger partial charge on any atom is -0.494 e. The number of piperazine rings is 1. The van der Waals surface area contributed by atoms with E-state index in [0.717, 1.165) is 38.0 Å². The van der Waals surface area contributed by atoms with E-state index in [1.165, 1.54) is 38.2 Å². The van der Waals surface area contributed by atoms with Crippen molar-refractivity contribution < 1.29 is 4.74 Å². The SMILES string of the molecule is CCOc1cccc(CN2CCC(N3CCNCC3)C2)c1. The monoisotopic (exact) mass is 289 g/mol. The number of likely N-dealkylation sites (tertiary alicyclic amines) is 1. The summed E-state index contributed by atoms with van der Waals surface area (Å²) in [5, 5.41) is 3.44. The quantitative estimate of drug-likeness (QED) is 0.890. The molecule has 1 atom stereocenters. The van der Waals surface area contributed by atoms with Gasteiger partial charge in [-0.2, -0.15) is 0 Å². The Balaban J connectivity index is 1.53. The van der Waals surface area contributed by atoms with Crippen molar-refractivity contribution in [3.05, 3.63) is 29.8 Å². The van der Waals surface area contributed by atoms with E-state index in [1.54, 1.807) is 0 Å². The van der Waals surface area contributed by atoms with Gasteiger partial charge in [-0.25, -0.2) is 0 Å². The molecule has 0 aliphatic carbocycles. The van der Waals surface area contributed by atoms with Gasteiger partial charge in [0.15, 0.2) is 0 Å². The van der Waals surface area contributed by atoms with Crippen LogP contribution in [0.25, 0.3) is 0 Å². The van der Waals surface area contributed by atoms with Crippen molar-refractivity contribution in [1.29, 1.82) is 0 Å². The lowest BCUT2D eigenvalue weighted by Crippen LogP contribution is -2.49. The molecule has 116 valence electrons. The number of hydrogen-bond acceptors (Lipinski definition) is 4. The first-order chi connectivity index (χ1) is 10.3. The van der Waals surface area contributed by atoms with E-state index >= 15 is 0 Å². The molecule has 2 aliphatic rings. The van der Waals surface area contributed by atoms with Crippen LogP contribution in [0.1, 0.15) is 18.9 Å². The van der Waals surface area contributed by atoms with Crippen molar-refractivity contribution in [2.45, 2.75) is 25.9 Å². The summed E-state index contributed by atoms with van der Waals surface area (Å²) in [4.78, 5) is 5.24. The highest BCUT2D eigenvalue weighted by Gasteiger charge is 2.28. The highest BCUT2D eigenvalue weighted by molar-refractivity contribution is 5.28. The Morgan fingerprint density at radius 3 is 2.90 bits per heavy atom. The lowest BCUT2D eigenvalue weighted by atomic mass is 10.2. The van der Waals surface area contributed by atoms with Crippen LogP contribution in [-0.4, -0.2) is 61.7 Å². The minimum atomic E-state index is 0.734. The predicted molar refractivity (Wildman–Crippen MR) is 85.7 cm³/mol. The molecular formula is C17H27N3O. The first-order valence-electron chi connectivity index (χ1n) is 8.24. The molecule has 2 fully saturated rings. The van der Waals surface area contributed by atoms with Crippen LogP contribution in [0.2, 0.25) is 0 Å². The Bertz CT molecular complexity index is 445. The van der Waals surface area contributed by atoms with Crippen LogP contribution in [0, 0.1) is 0 Å². The van der Waals surface area contributed by atoms with Crippen molar-refractivity contribution in [2.75, 3.05) is 45.9 Å². The molecule has 4 heteroatoms. The zero-order valence-corrected chi connectivity index (χ0v) is 13.1. The lowest BCUT2D eigenvalue weighted by molar-refractivity contribution is 0.170. The third-order valence-corrected chi connectivity index (χ3v) is 4.53. The smallest absolute Gasteiger partial charge is 0.119 e. The molecule has 0 aromatic heterocycles. The van der Waals surface area contributed by atoms with Gasteiger partial charge >= 0.3 is 0 Å². The molecule has 1 N–H and O–H groups in total. The predicted octanol–water partition coefficient (Wildman–Crippen LogP) is 1.56. The summed E-state index contributed by atoms with van der Waals surface area (Å²) in [7, 11) is 0. The molecule has 1 aromatic carbocycles. The van der Waals surface area contributed by atoms with Crippen LogP contribution in [-0.2, 0) is 6.54 Å². The van der Waals surface area contributed by atoms with Gasteiger partial charge in [0.2, 0.25) is 0 Å². The Morgan fingerprint density at radius 2 is 2.10 bits per heavy atom. The molecule has 0 radical (unpaired) electrons. The van der Waals surface area contributed by atoms with Gasteiger partial charge in [0.1, 0.15) is 5.75 Å². The van der Waals surface area contributed by atoms with Gasteiger partial charge < -0.3 is 10.1 Å². The van der Waals surface area contributed by atoms with Crippen LogP contribution in [0.5, 0.6) is 5.75 Å². The maximum atomic E-state index is 5.59. The fourth-order valence-electron chi connectivity index (χ4n) is 3.46. The Morgan fingerprint density at radius 1 is 1.24 bits per heavy atom. The highest BCUT2D eigenvalue weighted by atomic mass is 16.5. The Hall–Kier alpha value is -1.10. The third-order valence-electron chi connectivity index (χ3n) is 4.53. The fraction of sp³-hybridized carbons (Fsp3) is 0.647. The zero-order chi connectivity index (χ0) is 14.5. The summed E-state index contributed by atoms with van der Waals surface area (Å²) in [6.07, 6.45) is 1.31. The summed E-state index contributed by atoms with van der Waals surface area (Å²) < 4.78 is 5.59. The average Bonchev–Trinajstić information content (AvgIpc) is 2.97. The average molecular weight is 289 g/mol.